The summed E-state index contributed by atoms with van der Waals surface area (Å²) >= 11 is 0. The van der Waals surface area contributed by atoms with E-state index in [4.69, 9.17) is 0 Å². The SMILES string of the molecule is O=Cc1cc2cc([N+](=O)[O-])c([N+](=O)[O-])cc2cc1[N+](=O)[O-]. The molecule has 0 aromatic heterocycles. The van der Waals surface area contributed by atoms with Gasteiger partial charge < -0.3 is 0 Å². The number of carbonyl (C=O) groups excluding carboxylic acids is 1. The molecule has 0 fully saturated rings. The van der Waals surface area contributed by atoms with Gasteiger partial charge in [-0.15, -0.1) is 0 Å². The first-order valence-electron chi connectivity index (χ1n) is 5.35. The van der Waals surface area contributed by atoms with Gasteiger partial charge in [-0.2, -0.15) is 0 Å². The van der Waals surface area contributed by atoms with E-state index < -0.39 is 31.8 Å². The number of rotatable bonds is 4. The molecule has 2 rings (SSSR count). The fraction of sp³-hybridized carbons (Fsp3) is 0. The van der Waals surface area contributed by atoms with Crippen LogP contribution >= 0.6 is 0 Å². The first kappa shape index (κ1) is 14.0. The van der Waals surface area contributed by atoms with E-state index in [1.165, 1.54) is 0 Å². The molecule has 0 spiro atoms. The van der Waals surface area contributed by atoms with E-state index in [0.717, 1.165) is 24.3 Å². The predicted molar refractivity (Wildman–Crippen MR) is 69.3 cm³/mol. The molecular formula is C11H5N3O7. The Morgan fingerprint density at radius 2 is 1.10 bits per heavy atom. The summed E-state index contributed by atoms with van der Waals surface area (Å²) in [6, 6.07) is 3.83. The van der Waals surface area contributed by atoms with Crippen LogP contribution in [0, 0.1) is 30.3 Å². The Morgan fingerprint density at radius 3 is 1.48 bits per heavy atom. The highest BCUT2D eigenvalue weighted by atomic mass is 16.6. The maximum atomic E-state index is 10.8. The molecule has 2 aromatic carbocycles. The molecule has 0 bridgehead atoms. The van der Waals surface area contributed by atoms with Crippen LogP contribution in [0.3, 0.4) is 0 Å². The smallest absolute Gasteiger partial charge is 0.298 e. The fourth-order valence-corrected chi connectivity index (χ4v) is 1.88. The normalized spacial score (nSPS) is 10.3. The summed E-state index contributed by atoms with van der Waals surface area (Å²) in [6.45, 7) is 0. The number of nitrogens with zero attached hydrogens (tertiary/aromatic N) is 3. The van der Waals surface area contributed by atoms with Gasteiger partial charge in [0.25, 0.3) is 5.69 Å². The molecule has 0 N–H and O–H groups in total. The van der Waals surface area contributed by atoms with Crippen LogP contribution in [0.5, 0.6) is 0 Å². The summed E-state index contributed by atoms with van der Waals surface area (Å²) in [5.41, 5.74) is -2.32. The van der Waals surface area contributed by atoms with Gasteiger partial charge in [0.2, 0.25) is 0 Å². The third-order valence-corrected chi connectivity index (χ3v) is 2.80. The monoisotopic (exact) mass is 291 g/mol. The van der Waals surface area contributed by atoms with Crippen LogP contribution in [0.15, 0.2) is 24.3 Å². The van der Waals surface area contributed by atoms with E-state index in [0.29, 0.717) is 0 Å². The van der Waals surface area contributed by atoms with Crippen molar-refractivity contribution >= 4 is 34.1 Å². The molecule has 106 valence electrons. The summed E-state index contributed by atoms with van der Waals surface area (Å²) < 4.78 is 0. The van der Waals surface area contributed by atoms with Crippen molar-refractivity contribution < 1.29 is 19.6 Å². The molecule has 0 saturated carbocycles. The van der Waals surface area contributed by atoms with Crippen molar-refractivity contribution in [2.24, 2.45) is 0 Å². The van der Waals surface area contributed by atoms with Crippen LogP contribution in [-0.4, -0.2) is 21.1 Å². The molecule has 0 unspecified atom stereocenters. The lowest BCUT2D eigenvalue weighted by atomic mass is 10.0. The van der Waals surface area contributed by atoms with Crippen molar-refractivity contribution in [3.05, 3.63) is 60.2 Å². The van der Waals surface area contributed by atoms with Gasteiger partial charge in [-0.05, 0) is 16.8 Å². The van der Waals surface area contributed by atoms with Gasteiger partial charge in [-0.1, -0.05) is 0 Å². The van der Waals surface area contributed by atoms with Crippen LogP contribution in [-0.2, 0) is 0 Å². The van der Waals surface area contributed by atoms with Crippen molar-refractivity contribution in [3.63, 3.8) is 0 Å². The lowest BCUT2D eigenvalue weighted by Gasteiger charge is -2.02. The Labute approximate surface area is 115 Å². The van der Waals surface area contributed by atoms with Crippen molar-refractivity contribution in [1.29, 1.82) is 0 Å². The van der Waals surface area contributed by atoms with Crippen LogP contribution in [0.1, 0.15) is 10.4 Å². The van der Waals surface area contributed by atoms with Gasteiger partial charge in [0.05, 0.1) is 20.3 Å². The summed E-state index contributed by atoms with van der Waals surface area (Å²) in [5, 5.41) is 32.7. The maximum Gasteiger partial charge on any atom is 0.346 e. The third-order valence-electron chi connectivity index (χ3n) is 2.80. The van der Waals surface area contributed by atoms with Gasteiger partial charge in [0, 0.05) is 18.2 Å². The highest BCUT2D eigenvalue weighted by Crippen LogP contribution is 2.34. The van der Waals surface area contributed by atoms with Gasteiger partial charge in [0.1, 0.15) is 0 Å². The van der Waals surface area contributed by atoms with E-state index in [2.05, 4.69) is 0 Å². The van der Waals surface area contributed by atoms with Crippen LogP contribution in [0.4, 0.5) is 17.1 Å². The van der Waals surface area contributed by atoms with Crippen molar-refractivity contribution in [2.75, 3.05) is 0 Å². The second-order valence-corrected chi connectivity index (χ2v) is 3.99. The Balaban J connectivity index is 2.88. The zero-order valence-electron chi connectivity index (χ0n) is 10.1. The molecule has 2 aromatic rings. The van der Waals surface area contributed by atoms with E-state index >= 15 is 0 Å². The Hall–Kier alpha value is -3.43. The van der Waals surface area contributed by atoms with Gasteiger partial charge >= 0.3 is 11.4 Å². The van der Waals surface area contributed by atoms with Crippen LogP contribution < -0.4 is 0 Å². The minimum atomic E-state index is -0.947. The van der Waals surface area contributed by atoms with Crippen LogP contribution in [0.2, 0.25) is 0 Å². The number of nitro benzene ring substituents is 3. The van der Waals surface area contributed by atoms with E-state index in [-0.39, 0.29) is 22.6 Å². The average molecular weight is 291 g/mol. The molecule has 0 heterocycles. The highest BCUT2D eigenvalue weighted by Gasteiger charge is 2.26. The summed E-state index contributed by atoms with van der Waals surface area (Å²) in [6.07, 6.45) is 0.241. The number of aldehydes is 1. The predicted octanol–water partition coefficient (Wildman–Crippen LogP) is 2.38. The molecule has 0 amide bonds. The Bertz CT molecular complexity index is 815. The largest absolute Gasteiger partial charge is 0.346 e. The van der Waals surface area contributed by atoms with Crippen LogP contribution in [0.25, 0.3) is 10.8 Å². The molecule has 0 aliphatic carbocycles. The van der Waals surface area contributed by atoms with Gasteiger partial charge in [-0.3, -0.25) is 35.1 Å². The summed E-state index contributed by atoms with van der Waals surface area (Å²) in [5.74, 6) is 0. The zero-order valence-corrected chi connectivity index (χ0v) is 10.1. The minimum Gasteiger partial charge on any atom is -0.298 e. The Kier molecular flexibility index (Phi) is 3.28. The summed E-state index contributed by atoms with van der Waals surface area (Å²) in [7, 11) is 0. The minimum absolute atomic E-state index is 0.0598. The lowest BCUT2D eigenvalue weighted by Crippen LogP contribution is -1.98. The average Bonchev–Trinajstić information content (AvgIpc) is 2.43. The molecule has 21 heavy (non-hydrogen) atoms. The number of fused-ring (bicyclic) bond motifs is 1. The number of nitro groups is 3. The quantitative estimate of drug-likeness (QED) is 0.477. The third kappa shape index (κ3) is 2.36. The van der Waals surface area contributed by atoms with Gasteiger partial charge in [-0.25, -0.2) is 0 Å². The van der Waals surface area contributed by atoms with E-state index in [9.17, 15) is 35.1 Å². The lowest BCUT2D eigenvalue weighted by molar-refractivity contribution is -0.422. The second-order valence-electron chi connectivity index (χ2n) is 3.99. The molecule has 0 atom stereocenters. The molecular weight excluding hydrogens is 286 g/mol. The van der Waals surface area contributed by atoms with E-state index in [1.807, 2.05) is 0 Å². The molecule has 0 aliphatic rings. The number of benzene rings is 2. The zero-order chi connectivity index (χ0) is 15.7. The maximum absolute atomic E-state index is 10.8. The number of hydrogen-bond acceptors (Lipinski definition) is 7. The van der Waals surface area contributed by atoms with E-state index in [1.54, 1.807) is 0 Å². The number of carbonyl (C=O) groups is 1. The molecule has 0 aliphatic heterocycles. The molecule has 0 radical (unpaired) electrons. The molecule has 0 saturated heterocycles. The second kappa shape index (κ2) is 4.92. The topological polar surface area (TPSA) is 146 Å². The molecule has 10 heteroatoms. The first-order chi connectivity index (χ1) is 9.85. The first-order valence-corrected chi connectivity index (χ1v) is 5.35. The fourth-order valence-electron chi connectivity index (χ4n) is 1.88. The van der Waals surface area contributed by atoms with Crippen molar-refractivity contribution in [2.45, 2.75) is 0 Å². The standard InChI is InChI=1S/C11H5N3O7/c15-5-8-1-6-3-10(13(18)19)11(14(20)21)4-7(6)2-9(8)12(16)17/h1-5H. The molecule has 10 nitrogen and oxygen atoms in total. The number of hydrogen-bond donors (Lipinski definition) is 0. The van der Waals surface area contributed by atoms with Crippen molar-refractivity contribution in [1.82, 2.24) is 0 Å². The van der Waals surface area contributed by atoms with Crippen molar-refractivity contribution in [3.8, 4) is 0 Å². The summed E-state index contributed by atoms with van der Waals surface area (Å²) in [4.78, 5) is 40.6. The highest BCUT2D eigenvalue weighted by molar-refractivity contribution is 5.96. The Morgan fingerprint density at radius 1 is 0.714 bits per heavy atom. The van der Waals surface area contributed by atoms with Gasteiger partial charge in [0.15, 0.2) is 6.29 Å².